The number of nitrogens with zero attached hydrogens (tertiary/aromatic N) is 4. The topological polar surface area (TPSA) is 34.1 Å². The van der Waals surface area contributed by atoms with Crippen LogP contribution < -0.4 is 10.2 Å². The third-order valence-corrected chi connectivity index (χ3v) is 8.66. The predicted molar refractivity (Wildman–Crippen MR) is 156 cm³/mol. The molecule has 1 saturated heterocycles. The zero-order valence-corrected chi connectivity index (χ0v) is 23.7. The summed E-state index contributed by atoms with van der Waals surface area (Å²) in [6.45, 7) is 18.4. The van der Waals surface area contributed by atoms with E-state index >= 15 is 0 Å². The van der Waals surface area contributed by atoms with Gasteiger partial charge in [-0.3, -0.25) is 9.89 Å². The van der Waals surface area contributed by atoms with Crippen molar-refractivity contribution in [2.45, 2.75) is 84.8 Å². The maximum Gasteiger partial charge on any atom is 0.0551 e. The number of fused-ring (bicyclic) bond motifs is 2. The lowest BCUT2D eigenvalue weighted by Gasteiger charge is -2.41. The highest BCUT2D eigenvalue weighted by atomic mass is 15.2. The predicted octanol–water partition coefficient (Wildman–Crippen LogP) is 5.15. The summed E-state index contributed by atoms with van der Waals surface area (Å²) in [4.78, 5) is 12.5. The molecule has 2 fully saturated rings. The van der Waals surface area contributed by atoms with E-state index in [0.717, 1.165) is 51.5 Å². The van der Waals surface area contributed by atoms with E-state index in [2.05, 4.69) is 79.0 Å². The van der Waals surface area contributed by atoms with Crippen LogP contribution in [0.2, 0.25) is 0 Å². The molecular formula is C31H51N5. The molecule has 5 heteroatoms. The average molecular weight is 494 g/mol. The van der Waals surface area contributed by atoms with Crippen LogP contribution in [0.15, 0.2) is 34.8 Å². The number of benzene rings is 1. The van der Waals surface area contributed by atoms with E-state index in [1.807, 2.05) is 0 Å². The molecular weight excluding hydrogens is 442 g/mol. The van der Waals surface area contributed by atoms with Gasteiger partial charge in [0.15, 0.2) is 0 Å². The van der Waals surface area contributed by atoms with Crippen molar-refractivity contribution in [1.82, 2.24) is 15.1 Å². The number of hydrogen-bond donors (Lipinski definition) is 1. The highest BCUT2D eigenvalue weighted by Crippen LogP contribution is 2.32. The van der Waals surface area contributed by atoms with E-state index in [-0.39, 0.29) is 0 Å². The number of piperazine rings is 1. The van der Waals surface area contributed by atoms with Gasteiger partial charge in [-0.15, -0.1) is 0 Å². The lowest BCUT2D eigenvalue weighted by atomic mass is 9.78. The molecule has 0 radical (unpaired) electrons. The molecule has 3 atom stereocenters. The Bertz CT molecular complexity index is 898. The van der Waals surface area contributed by atoms with Gasteiger partial charge >= 0.3 is 0 Å². The fourth-order valence-corrected chi connectivity index (χ4v) is 6.37. The van der Waals surface area contributed by atoms with E-state index < -0.39 is 0 Å². The molecule has 3 aliphatic heterocycles. The molecule has 0 aromatic heterocycles. The van der Waals surface area contributed by atoms with Crippen molar-refractivity contribution in [2.75, 3.05) is 57.8 Å². The van der Waals surface area contributed by atoms with Crippen molar-refractivity contribution in [2.24, 2.45) is 10.9 Å². The Balaban J connectivity index is 0.000000169. The van der Waals surface area contributed by atoms with Gasteiger partial charge < -0.3 is 15.1 Å². The second-order valence-corrected chi connectivity index (χ2v) is 11.4. The summed E-state index contributed by atoms with van der Waals surface area (Å²) < 4.78 is 0. The zero-order valence-electron chi connectivity index (χ0n) is 23.7. The summed E-state index contributed by atoms with van der Waals surface area (Å²) in [6.07, 6.45) is 9.93. The Morgan fingerprint density at radius 2 is 1.92 bits per heavy atom. The van der Waals surface area contributed by atoms with Gasteiger partial charge in [-0.1, -0.05) is 45.4 Å². The minimum atomic E-state index is 0.585. The summed E-state index contributed by atoms with van der Waals surface area (Å²) >= 11 is 0. The maximum atomic E-state index is 4.87. The largest absolute Gasteiger partial charge is 0.369 e. The van der Waals surface area contributed by atoms with E-state index in [4.69, 9.17) is 4.99 Å². The molecule has 5 nitrogen and oxygen atoms in total. The third kappa shape index (κ3) is 6.59. The Morgan fingerprint density at radius 3 is 2.67 bits per heavy atom. The Morgan fingerprint density at radius 1 is 1.11 bits per heavy atom. The lowest BCUT2D eigenvalue weighted by molar-refractivity contribution is 0.191. The van der Waals surface area contributed by atoms with Crippen molar-refractivity contribution < 1.29 is 0 Å². The first kappa shape index (κ1) is 27.3. The van der Waals surface area contributed by atoms with Crippen LogP contribution in [-0.4, -0.2) is 80.5 Å². The van der Waals surface area contributed by atoms with Gasteiger partial charge in [-0.25, -0.2) is 0 Å². The number of hydrogen-bond acceptors (Lipinski definition) is 5. The minimum absolute atomic E-state index is 0.585. The van der Waals surface area contributed by atoms with E-state index in [9.17, 15) is 0 Å². The molecule has 5 rings (SSSR count). The zero-order chi connectivity index (χ0) is 25.5. The first-order chi connectivity index (χ1) is 17.5. The number of dihydropyridines is 1. The van der Waals surface area contributed by atoms with Crippen LogP contribution >= 0.6 is 0 Å². The average Bonchev–Trinajstić information content (AvgIpc) is 2.90. The van der Waals surface area contributed by atoms with Crippen LogP contribution in [0, 0.1) is 5.92 Å². The van der Waals surface area contributed by atoms with Crippen molar-refractivity contribution in [1.29, 1.82) is 0 Å². The summed E-state index contributed by atoms with van der Waals surface area (Å²) in [5, 5.41) is 3.55. The number of nitrogens with one attached hydrogen (secondary N) is 1. The third-order valence-electron chi connectivity index (χ3n) is 8.66. The van der Waals surface area contributed by atoms with Crippen LogP contribution in [0.3, 0.4) is 0 Å². The molecule has 0 bridgehead atoms. The Hall–Kier alpha value is -1.69. The van der Waals surface area contributed by atoms with E-state index in [0.29, 0.717) is 12.1 Å². The van der Waals surface area contributed by atoms with Gasteiger partial charge in [-0.2, -0.15) is 0 Å². The summed E-state index contributed by atoms with van der Waals surface area (Å²) in [5.74, 6) is 0.760. The number of rotatable bonds is 6. The molecule has 0 spiro atoms. The fourth-order valence-electron chi connectivity index (χ4n) is 6.37. The van der Waals surface area contributed by atoms with Crippen molar-refractivity contribution in [3.63, 3.8) is 0 Å². The van der Waals surface area contributed by atoms with Crippen LogP contribution in [0.25, 0.3) is 0 Å². The first-order valence-corrected chi connectivity index (χ1v) is 14.8. The maximum absolute atomic E-state index is 4.87. The SMILES string of the molecule is CC1Cc2c(cccc2N2CCN(C)CC2)CN1.CCCCN(CC)C1C2=NCCC=C2CCC1C. The molecule has 0 amide bonds. The summed E-state index contributed by atoms with van der Waals surface area (Å²) in [6, 6.07) is 7.98. The number of anilines is 1. The number of aliphatic imine (C=N–C) groups is 1. The summed E-state index contributed by atoms with van der Waals surface area (Å²) in [5.41, 5.74) is 7.53. The normalized spacial score (nSPS) is 26.4. The van der Waals surface area contributed by atoms with Crippen LogP contribution in [0.1, 0.15) is 70.9 Å². The van der Waals surface area contributed by atoms with E-state index in [1.54, 1.807) is 11.1 Å². The van der Waals surface area contributed by atoms with Gasteiger partial charge in [0.1, 0.15) is 0 Å². The second-order valence-electron chi connectivity index (χ2n) is 11.4. The molecule has 4 aliphatic rings. The summed E-state index contributed by atoms with van der Waals surface area (Å²) in [7, 11) is 2.21. The van der Waals surface area contributed by atoms with Crippen molar-refractivity contribution in [3.8, 4) is 0 Å². The quantitative estimate of drug-likeness (QED) is 0.594. The van der Waals surface area contributed by atoms with E-state index in [1.165, 1.54) is 62.3 Å². The molecule has 1 N–H and O–H groups in total. The molecule has 200 valence electrons. The van der Waals surface area contributed by atoms with Gasteiger partial charge in [0.25, 0.3) is 0 Å². The number of likely N-dealkylation sites (N-methyl/N-ethyl adjacent to an activating group) is 1. The first-order valence-electron chi connectivity index (χ1n) is 14.8. The van der Waals surface area contributed by atoms with Crippen molar-refractivity contribution in [3.05, 3.63) is 41.0 Å². The number of unbranched alkanes of at least 4 members (excludes halogenated alkanes) is 1. The fraction of sp³-hybridized carbons (Fsp3) is 0.710. The van der Waals surface area contributed by atoms with Crippen molar-refractivity contribution >= 4 is 11.4 Å². The highest BCUT2D eigenvalue weighted by Gasteiger charge is 2.34. The van der Waals surface area contributed by atoms with Gasteiger partial charge in [0.05, 0.1) is 11.8 Å². The van der Waals surface area contributed by atoms with Gasteiger partial charge in [-0.05, 0) is 87.8 Å². The molecule has 3 unspecified atom stereocenters. The smallest absolute Gasteiger partial charge is 0.0551 e. The molecule has 1 aliphatic carbocycles. The molecule has 36 heavy (non-hydrogen) atoms. The van der Waals surface area contributed by atoms with Gasteiger partial charge in [0.2, 0.25) is 0 Å². The monoisotopic (exact) mass is 493 g/mol. The van der Waals surface area contributed by atoms with Gasteiger partial charge in [0, 0.05) is 51.0 Å². The second kappa shape index (κ2) is 13.2. The Kier molecular flexibility index (Phi) is 10.0. The molecule has 1 aromatic rings. The van der Waals surface area contributed by atoms with Crippen LogP contribution in [-0.2, 0) is 13.0 Å². The molecule has 1 saturated carbocycles. The minimum Gasteiger partial charge on any atom is -0.369 e. The standard InChI is InChI=1S/C16H28N2.C15H23N3/c1-4-6-12-18(5-2)16-13(3)9-10-14-8-7-11-17-15(14)16;1-12-10-14-13(11-16-12)4-3-5-15(14)18-8-6-17(2)7-9-18/h8,13,16H,4-7,9-12H2,1-3H3;3-5,12,16H,6-11H2,1-2H3. The van der Waals surface area contributed by atoms with Crippen LogP contribution in [0.4, 0.5) is 5.69 Å². The van der Waals surface area contributed by atoms with Crippen LogP contribution in [0.5, 0.6) is 0 Å². The Labute approximate surface area is 221 Å². The molecule has 3 heterocycles. The highest BCUT2D eigenvalue weighted by molar-refractivity contribution is 6.05. The molecule has 1 aromatic carbocycles. The lowest BCUT2D eigenvalue weighted by Crippen LogP contribution is -2.49.